The number of alkyl halides is 3. The highest BCUT2D eigenvalue weighted by Gasteiger charge is 2.45. The number of carbonyl (C=O) groups excluding carboxylic acids is 2. The van der Waals surface area contributed by atoms with Gasteiger partial charge in [-0.25, -0.2) is 0 Å². The first-order chi connectivity index (χ1) is 14.6. The molecule has 3 heterocycles. The summed E-state index contributed by atoms with van der Waals surface area (Å²) in [6.45, 7) is 4.18. The molecule has 9 heteroatoms. The van der Waals surface area contributed by atoms with Gasteiger partial charge in [-0.2, -0.15) is 0 Å². The van der Waals surface area contributed by atoms with E-state index in [1.807, 2.05) is 12.1 Å². The lowest BCUT2D eigenvalue weighted by molar-refractivity contribution is -0.274. The van der Waals surface area contributed by atoms with E-state index in [0.717, 1.165) is 30.9 Å². The molecule has 1 saturated heterocycles. The predicted octanol–water partition coefficient (Wildman–Crippen LogP) is 3.67. The number of halogens is 3. The lowest BCUT2D eigenvalue weighted by Gasteiger charge is -2.50. The molecular weight excluding hydrogens is 411 g/mol. The molecule has 0 aliphatic carbocycles. The summed E-state index contributed by atoms with van der Waals surface area (Å²) in [5.74, 6) is -0.532. The summed E-state index contributed by atoms with van der Waals surface area (Å²) in [6, 6.07) is 8.90. The Labute approximate surface area is 178 Å². The number of hydrogen-bond donors (Lipinski definition) is 0. The molecule has 0 saturated carbocycles. The van der Waals surface area contributed by atoms with Gasteiger partial charge in [0.2, 0.25) is 0 Å². The fourth-order valence-electron chi connectivity index (χ4n) is 4.78. The van der Waals surface area contributed by atoms with Crippen LogP contribution in [0.2, 0.25) is 0 Å². The first-order valence-electron chi connectivity index (χ1n) is 10.2. The monoisotopic (exact) mass is 435 g/mol. The van der Waals surface area contributed by atoms with Crippen molar-refractivity contribution in [2.75, 3.05) is 26.7 Å². The van der Waals surface area contributed by atoms with E-state index in [9.17, 15) is 22.8 Å². The van der Waals surface area contributed by atoms with Crippen molar-refractivity contribution in [3.63, 3.8) is 0 Å². The zero-order chi connectivity index (χ0) is 22.4. The number of ether oxygens (including phenoxy) is 1. The van der Waals surface area contributed by atoms with Crippen molar-refractivity contribution in [2.45, 2.75) is 38.2 Å². The Balaban J connectivity index is 1.49. The van der Waals surface area contributed by atoms with Crippen LogP contribution in [-0.2, 0) is 12.1 Å². The van der Waals surface area contributed by atoms with Gasteiger partial charge >= 0.3 is 6.36 Å². The third-order valence-electron chi connectivity index (χ3n) is 6.42. The summed E-state index contributed by atoms with van der Waals surface area (Å²) < 4.78 is 42.9. The molecule has 1 amide bonds. The Morgan fingerprint density at radius 3 is 2.19 bits per heavy atom. The van der Waals surface area contributed by atoms with E-state index < -0.39 is 6.36 Å². The van der Waals surface area contributed by atoms with Gasteiger partial charge in [-0.05, 0) is 56.3 Å². The molecular formula is C22H24F3N3O3. The number of likely N-dealkylation sites (tertiary alicyclic amines) is 1. The SMILES string of the molecule is CC(=O)c1ccc2n1CCN(C)C21CCN(C(=O)c2ccc(OC(F)(F)F)cc2)CC1. The van der Waals surface area contributed by atoms with Crippen molar-refractivity contribution in [3.8, 4) is 5.75 Å². The van der Waals surface area contributed by atoms with Crippen molar-refractivity contribution >= 4 is 11.7 Å². The molecule has 2 aliphatic heterocycles. The Bertz CT molecular complexity index is 990. The Kier molecular flexibility index (Phi) is 5.33. The van der Waals surface area contributed by atoms with E-state index in [1.165, 1.54) is 12.1 Å². The number of amides is 1. The number of nitrogens with zero attached hydrogens (tertiary/aromatic N) is 3. The van der Waals surface area contributed by atoms with Crippen LogP contribution in [0.4, 0.5) is 13.2 Å². The quantitative estimate of drug-likeness (QED) is 0.691. The number of carbonyl (C=O) groups is 2. The number of rotatable bonds is 3. The van der Waals surface area contributed by atoms with Gasteiger partial charge in [0.05, 0.1) is 11.2 Å². The van der Waals surface area contributed by atoms with Gasteiger partial charge in [-0.3, -0.25) is 14.5 Å². The Morgan fingerprint density at radius 1 is 0.968 bits per heavy atom. The van der Waals surface area contributed by atoms with E-state index in [4.69, 9.17) is 0 Å². The molecule has 6 nitrogen and oxygen atoms in total. The number of hydrogen-bond acceptors (Lipinski definition) is 4. The molecule has 2 aliphatic rings. The fraction of sp³-hybridized carbons (Fsp3) is 0.455. The summed E-state index contributed by atoms with van der Waals surface area (Å²) >= 11 is 0. The normalized spacial score (nSPS) is 18.7. The molecule has 1 fully saturated rings. The molecule has 1 aromatic carbocycles. The van der Waals surface area contributed by atoms with Crippen LogP contribution in [0.15, 0.2) is 36.4 Å². The molecule has 1 aromatic heterocycles. The molecule has 0 N–H and O–H groups in total. The average Bonchev–Trinajstić information content (AvgIpc) is 3.16. The maximum absolute atomic E-state index is 12.9. The first-order valence-corrected chi connectivity index (χ1v) is 10.2. The van der Waals surface area contributed by atoms with Gasteiger partial charge in [0.25, 0.3) is 5.91 Å². The highest BCUT2D eigenvalue weighted by Crippen LogP contribution is 2.41. The Morgan fingerprint density at radius 2 is 1.61 bits per heavy atom. The van der Waals surface area contributed by atoms with Crippen molar-refractivity contribution in [3.05, 3.63) is 53.3 Å². The number of likely N-dealkylation sites (N-methyl/N-ethyl adjacent to an activating group) is 1. The van der Waals surface area contributed by atoms with Gasteiger partial charge in [0.1, 0.15) is 5.75 Å². The second-order valence-corrected chi connectivity index (χ2v) is 8.13. The smallest absolute Gasteiger partial charge is 0.406 e. The summed E-state index contributed by atoms with van der Waals surface area (Å²) in [6.07, 6.45) is -3.34. The van der Waals surface area contributed by atoms with Crippen molar-refractivity contribution in [2.24, 2.45) is 0 Å². The average molecular weight is 435 g/mol. The van der Waals surface area contributed by atoms with Gasteiger partial charge in [0, 0.05) is 44.4 Å². The zero-order valence-corrected chi connectivity index (χ0v) is 17.4. The summed E-state index contributed by atoms with van der Waals surface area (Å²) in [5, 5.41) is 0. The highest BCUT2D eigenvalue weighted by molar-refractivity contribution is 5.94. The Hall–Kier alpha value is -2.81. The van der Waals surface area contributed by atoms with Gasteiger partial charge in [0.15, 0.2) is 5.78 Å². The summed E-state index contributed by atoms with van der Waals surface area (Å²) in [5.41, 5.74) is 1.90. The van der Waals surface area contributed by atoms with Gasteiger partial charge in [-0.15, -0.1) is 13.2 Å². The van der Waals surface area contributed by atoms with Crippen LogP contribution >= 0.6 is 0 Å². The van der Waals surface area contributed by atoms with Crippen LogP contribution in [0.3, 0.4) is 0 Å². The minimum atomic E-state index is -4.77. The predicted molar refractivity (Wildman–Crippen MR) is 107 cm³/mol. The number of fused-ring (bicyclic) bond motifs is 2. The summed E-state index contributed by atoms with van der Waals surface area (Å²) in [4.78, 5) is 28.9. The molecule has 4 rings (SSSR count). The maximum atomic E-state index is 12.9. The zero-order valence-electron chi connectivity index (χ0n) is 17.4. The molecule has 31 heavy (non-hydrogen) atoms. The molecule has 0 radical (unpaired) electrons. The first kappa shape index (κ1) is 21.4. The van der Waals surface area contributed by atoms with Crippen LogP contribution in [0, 0.1) is 0 Å². The van der Waals surface area contributed by atoms with Crippen molar-refractivity contribution in [1.29, 1.82) is 0 Å². The third kappa shape index (κ3) is 3.94. The van der Waals surface area contributed by atoms with E-state index in [-0.39, 0.29) is 23.0 Å². The summed E-state index contributed by atoms with van der Waals surface area (Å²) in [7, 11) is 2.07. The fourth-order valence-corrected chi connectivity index (χ4v) is 4.78. The largest absolute Gasteiger partial charge is 0.573 e. The lowest BCUT2D eigenvalue weighted by Crippen LogP contribution is -2.56. The second kappa shape index (κ2) is 7.71. The third-order valence-corrected chi connectivity index (χ3v) is 6.42. The molecule has 0 bridgehead atoms. The molecule has 2 aromatic rings. The molecule has 0 unspecified atom stereocenters. The minimum absolute atomic E-state index is 0.0384. The van der Waals surface area contributed by atoms with Crippen LogP contribution in [0.5, 0.6) is 5.75 Å². The number of Topliss-reactive ketones (excluding diaryl/α,β-unsaturated/α-hetero) is 1. The topological polar surface area (TPSA) is 54.8 Å². The van der Waals surface area contributed by atoms with E-state index in [2.05, 4.69) is 21.3 Å². The number of aromatic nitrogens is 1. The van der Waals surface area contributed by atoms with E-state index >= 15 is 0 Å². The van der Waals surface area contributed by atoms with Crippen LogP contribution in [0.25, 0.3) is 0 Å². The van der Waals surface area contributed by atoms with Crippen LogP contribution < -0.4 is 4.74 Å². The van der Waals surface area contributed by atoms with Crippen LogP contribution in [-0.4, -0.2) is 59.1 Å². The number of ketones is 1. The van der Waals surface area contributed by atoms with Gasteiger partial charge in [-0.1, -0.05) is 0 Å². The molecule has 1 spiro atoms. The van der Waals surface area contributed by atoms with Crippen molar-refractivity contribution in [1.82, 2.24) is 14.4 Å². The standard InChI is InChI=1S/C22H24F3N3O3/c1-15(29)18-7-8-19-21(26(2)13-14-28(18)19)9-11-27(12-10-21)20(30)16-3-5-17(6-4-16)31-22(23,24)25/h3-8H,9-14H2,1-2H3. The van der Waals surface area contributed by atoms with Gasteiger partial charge < -0.3 is 14.2 Å². The number of piperidine rings is 1. The van der Waals surface area contributed by atoms with Crippen LogP contribution in [0.1, 0.15) is 46.3 Å². The maximum Gasteiger partial charge on any atom is 0.573 e. The van der Waals surface area contributed by atoms with E-state index in [0.29, 0.717) is 37.2 Å². The van der Waals surface area contributed by atoms with Crippen molar-refractivity contribution < 1.29 is 27.5 Å². The molecule has 0 atom stereocenters. The number of benzene rings is 1. The second-order valence-electron chi connectivity index (χ2n) is 8.13. The lowest BCUT2D eigenvalue weighted by atomic mass is 9.81. The van der Waals surface area contributed by atoms with E-state index in [1.54, 1.807) is 11.8 Å². The molecule has 166 valence electrons. The highest BCUT2D eigenvalue weighted by atomic mass is 19.4. The minimum Gasteiger partial charge on any atom is -0.406 e.